The van der Waals surface area contributed by atoms with E-state index in [0.717, 1.165) is 22.4 Å². The smallest absolute Gasteiger partial charge is 0.260 e. The van der Waals surface area contributed by atoms with Crippen LogP contribution in [0.2, 0.25) is 0 Å². The number of nitrogens with zero attached hydrogens (tertiary/aromatic N) is 4. The first-order chi connectivity index (χ1) is 15.7. The van der Waals surface area contributed by atoms with E-state index in [0.29, 0.717) is 11.1 Å². The molecule has 0 unspecified atom stereocenters. The van der Waals surface area contributed by atoms with Crippen LogP contribution in [0.3, 0.4) is 0 Å². The summed E-state index contributed by atoms with van der Waals surface area (Å²) in [5.74, 6) is -1.49. The molecule has 2 amide bonds. The Morgan fingerprint density at radius 2 is 1.09 bits per heavy atom. The summed E-state index contributed by atoms with van der Waals surface area (Å²) in [6, 6.07) is 16.7. The Morgan fingerprint density at radius 3 is 1.39 bits per heavy atom. The van der Waals surface area contributed by atoms with Crippen LogP contribution >= 0.6 is 0 Å². The average molecular weight is 454 g/mol. The highest BCUT2D eigenvalue weighted by atomic mass is 16.6. The lowest BCUT2D eigenvalue weighted by atomic mass is 10.1. The highest BCUT2D eigenvalue weighted by molar-refractivity contribution is 5.97. The predicted octanol–water partition coefficient (Wildman–Crippen LogP) is 1.85. The first-order valence-corrected chi connectivity index (χ1v) is 9.55. The third kappa shape index (κ3) is 7.79. The number of nitrogens with one attached hydrogen (secondary N) is 2. The van der Waals surface area contributed by atoms with E-state index >= 15 is 0 Å². The molecule has 172 valence electrons. The number of hydrogen-bond acceptors (Lipinski definition) is 8. The number of benzene rings is 2. The summed E-state index contributed by atoms with van der Waals surface area (Å²) < 4.78 is 0. The summed E-state index contributed by atoms with van der Waals surface area (Å²) in [6.07, 6.45) is 0.839. The number of rotatable bonds is 10. The van der Waals surface area contributed by atoms with Crippen LogP contribution in [0.15, 0.2) is 73.1 Å². The van der Waals surface area contributed by atoms with Gasteiger partial charge in [0.25, 0.3) is 12.4 Å². The molecule has 0 spiro atoms. The minimum atomic E-state index is -0.743. The van der Waals surface area contributed by atoms with Crippen molar-refractivity contribution in [3.8, 4) is 0 Å². The number of carbonyl (C=O) groups is 2. The van der Waals surface area contributed by atoms with E-state index in [2.05, 4.69) is 10.9 Å². The zero-order valence-corrected chi connectivity index (χ0v) is 17.9. The quantitative estimate of drug-likeness (QED) is 0.314. The maximum absolute atomic E-state index is 12.3. The summed E-state index contributed by atoms with van der Waals surface area (Å²) >= 11 is 0. The lowest BCUT2D eigenvalue weighted by Crippen LogP contribution is -2.43. The van der Waals surface area contributed by atoms with E-state index in [4.69, 9.17) is 0 Å². The molecule has 0 atom stereocenters. The molecule has 0 aliphatic heterocycles. The van der Waals surface area contributed by atoms with Crippen LogP contribution in [-0.4, -0.2) is 45.8 Å². The topological polar surface area (TPSA) is 151 Å². The molecule has 0 bridgehead atoms. The molecule has 0 aliphatic carbocycles. The van der Waals surface area contributed by atoms with E-state index in [-0.39, 0.29) is 11.4 Å². The first kappa shape index (κ1) is 24.5. The van der Waals surface area contributed by atoms with Crippen molar-refractivity contribution in [2.75, 3.05) is 14.1 Å². The fraction of sp³-hybridized carbons (Fsp3) is 0.143. The van der Waals surface area contributed by atoms with Gasteiger partial charge in [0.1, 0.15) is 17.8 Å². The Kier molecular flexibility index (Phi) is 8.62. The maximum atomic E-state index is 12.3. The minimum Gasteiger partial charge on any atom is -0.282 e. The van der Waals surface area contributed by atoms with Crippen molar-refractivity contribution in [1.29, 1.82) is 0 Å². The molecule has 0 aliphatic rings. The highest BCUT2D eigenvalue weighted by Gasteiger charge is 2.19. The summed E-state index contributed by atoms with van der Waals surface area (Å²) in [4.78, 5) is 45.4. The van der Waals surface area contributed by atoms with Crippen molar-refractivity contribution < 1.29 is 19.4 Å². The van der Waals surface area contributed by atoms with E-state index in [1.54, 1.807) is 60.7 Å². The fourth-order valence-corrected chi connectivity index (χ4v) is 2.85. The van der Waals surface area contributed by atoms with Gasteiger partial charge in [-0.3, -0.25) is 50.7 Å². The molecule has 33 heavy (non-hydrogen) atoms. The lowest BCUT2D eigenvalue weighted by Gasteiger charge is -2.23. The van der Waals surface area contributed by atoms with Crippen LogP contribution in [0.25, 0.3) is 11.4 Å². The normalized spacial score (nSPS) is 11.3. The van der Waals surface area contributed by atoms with Crippen LogP contribution in [0, 0.1) is 20.2 Å². The molecule has 0 saturated heterocycles. The molecular weight excluding hydrogens is 432 g/mol. The summed E-state index contributed by atoms with van der Waals surface area (Å²) in [6.45, 7) is 0. The van der Waals surface area contributed by atoms with Crippen molar-refractivity contribution in [3.63, 3.8) is 0 Å². The molecule has 2 rings (SSSR count). The van der Waals surface area contributed by atoms with Crippen LogP contribution in [0.1, 0.15) is 17.5 Å². The predicted molar refractivity (Wildman–Crippen MR) is 119 cm³/mol. The number of amides is 2. The third-order valence-corrected chi connectivity index (χ3v) is 4.22. The molecule has 0 heterocycles. The zero-order chi connectivity index (χ0) is 24.4. The zero-order valence-electron chi connectivity index (χ0n) is 17.9. The van der Waals surface area contributed by atoms with Crippen molar-refractivity contribution >= 4 is 23.2 Å². The van der Waals surface area contributed by atoms with E-state index < -0.39 is 28.1 Å². The molecule has 2 aromatic rings. The van der Waals surface area contributed by atoms with Gasteiger partial charge in [-0.05, 0) is 0 Å². The fourth-order valence-electron chi connectivity index (χ4n) is 2.85. The highest BCUT2D eigenvalue weighted by Crippen LogP contribution is 2.17. The molecule has 12 nitrogen and oxygen atoms in total. The van der Waals surface area contributed by atoms with Gasteiger partial charge in [0.05, 0.1) is 9.85 Å². The monoisotopic (exact) mass is 454 g/mol. The minimum absolute atomic E-state index is 0.103. The molecule has 12 heteroatoms. The van der Waals surface area contributed by atoms with Crippen molar-refractivity contribution in [2.24, 2.45) is 0 Å². The van der Waals surface area contributed by atoms with Gasteiger partial charge in [-0.15, -0.1) is 0 Å². The van der Waals surface area contributed by atoms with Gasteiger partial charge in [0, 0.05) is 25.2 Å². The van der Waals surface area contributed by atoms with E-state index in [9.17, 15) is 29.8 Å². The maximum Gasteiger partial charge on any atom is 0.260 e. The Morgan fingerprint density at radius 1 is 0.758 bits per heavy atom. The van der Waals surface area contributed by atoms with Crippen LogP contribution in [-0.2, 0) is 9.59 Å². The van der Waals surface area contributed by atoms with E-state index in [1.165, 1.54) is 14.1 Å². The van der Waals surface area contributed by atoms with Gasteiger partial charge in [-0.1, -0.05) is 60.7 Å². The standard InChI is InChI=1S/C21H22N6O6/c1-24(18(14-26(30)31)16-9-5-3-6-10-16)22-20(28)13-21(29)23-25(2)19(15-27(32)33)17-11-7-4-8-12-17/h3-12,14-15H,13H2,1-2H3,(H,22,28)(H,23,29). The van der Waals surface area contributed by atoms with Crippen LogP contribution in [0.4, 0.5) is 0 Å². The Labute approximate surface area is 189 Å². The van der Waals surface area contributed by atoms with Gasteiger partial charge in [0.2, 0.25) is 11.8 Å². The van der Waals surface area contributed by atoms with Crippen molar-refractivity contribution in [1.82, 2.24) is 20.9 Å². The molecule has 2 aromatic carbocycles. The van der Waals surface area contributed by atoms with Gasteiger partial charge in [-0.2, -0.15) is 0 Å². The molecule has 2 N–H and O–H groups in total. The third-order valence-electron chi connectivity index (χ3n) is 4.22. The van der Waals surface area contributed by atoms with Crippen molar-refractivity contribution in [3.05, 3.63) is 104 Å². The molecule has 0 aromatic heterocycles. The number of nitro groups is 2. The summed E-state index contributed by atoms with van der Waals surface area (Å²) in [5.41, 5.74) is 5.98. The molecule has 0 saturated carbocycles. The van der Waals surface area contributed by atoms with Gasteiger partial charge >= 0.3 is 0 Å². The lowest BCUT2D eigenvalue weighted by molar-refractivity contribution is -0.402. The summed E-state index contributed by atoms with van der Waals surface area (Å²) in [7, 11) is 2.80. The Balaban J connectivity index is 2.05. The Bertz CT molecular complexity index is 986. The second-order valence-electron chi connectivity index (χ2n) is 6.70. The van der Waals surface area contributed by atoms with Crippen LogP contribution in [0.5, 0.6) is 0 Å². The Hall–Kier alpha value is -4.74. The van der Waals surface area contributed by atoms with E-state index in [1.807, 2.05) is 0 Å². The number of hydrogen-bond donors (Lipinski definition) is 2. The van der Waals surface area contributed by atoms with Gasteiger partial charge < -0.3 is 0 Å². The average Bonchev–Trinajstić information content (AvgIpc) is 2.76. The molecule has 0 fully saturated rings. The SMILES string of the molecule is CN(NC(=O)CC(=O)NN(C)C(=C[N+](=O)[O-])c1ccccc1)C(=C[N+](=O)[O-])c1ccccc1. The molecule has 0 radical (unpaired) electrons. The van der Waals surface area contributed by atoms with Gasteiger partial charge in [0.15, 0.2) is 0 Å². The number of hydrazine groups is 2. The molecular formula is C21H22N6O6. The number of carbonyl (C=O) groups excluding carboxylic acids is 2. The first-order valence-electron chi connectivity index (χ1n) is 9.55. The van der Waals surface area contributed by atoms with Crippen molar-refractivity contribution in [2.45, 2.75) is 6.42 Å². The second-order valence-corrected chi connectivity index (χ2v) is 6.70. The largest absolute Gasteiger partial charge is 0.282 e. The van der Waals surface area contributed by atoms with Crippen LogP contribution < -0.4 is 10.9 Å². The summed E-state index contributed by atoms with van der Waals surface area (Å²) in [5, 5.41) is 24.3. The second kappa shape index (κ2) is 11.6. The van der Waals surface area contributed by atoms with Gasteiger partial charge in [-0.25, -0.2) is 0 Å².